The molecule has 1 aromatic heterocycles. The molecule has 0 saturated heterocycles. The molecular formula is C20H22ClF3N2O4S. The van der Waals surface area contributed by atoms with Gasteiger partial charge in [0.25, 0.3) is 0 Å². The van der Waals surface area contributed by atoms with Gasteiger partial charge < -0.3 is 4.18 Å². The lowest BCUT2D eigenvalue weighted by molar-refractivity contribution is -0.0502. The Balaban J connectivity index is 2.67. The number of aryl methyl sites for hydroxylation is 1. The van der Waals surface area contributed by atoms with Crippen LogP contribution in [0.3, 0.4) is 0 Å². The third-order valence-electron chi connectivity index (χ3n) is 4.73. The zero-order valence-electron chi connectivity index (χ0n) is 17.6. The fraction of sp³-hybridized carbons (Fsp3) is 0.400. The van der Waals surface area contributed by atoms with Gasteiger partial charge in [0.1, 0.15) is 5.56 Å². The van der Waals surface area contributed by atoms with Gasteiger partial charge in [0.15, 0.2) is 5.78 Å². The summed E-state index contributed by atoms with van der Waals surface area (Å²) in [4.78, 5) is 13.2. The number of ketones is 1. The number of hydrogen-bond acceptors (Lipinski definition) is 5. The minimum Gasteiger partial charge on any atom is -0.355 e. The van der Waals surface area contributed by atoms with Crippen molar-refractivity contribution in [3.63, 3.8) is 0 Å². The van der Waals surface area contributed by atoms with E-state index in [2.05, 4.69) is 9.28 Å². The summed E-state index contributed by atoms with van der Waals surface area (Å²) in [5.74, 6) is -1.51. The Kier molecular flexibility index (Phi) is 7.27. The van der Waals surface area contributed by atoms with Gasteiger partial charge >= 0.3 is 15.6 Å². The molecule has 0 aliphatic carbocycles. The third kappa shape index (κ3) is 4.95. The SMILES string of the molecule is CCCn1ncc(C(=O)c2ccc(Cl)c(C(C)=C(C)C)c2C)c1OS(=O)(=O)C(F)(F)F. The van der Waals surface area contributed by atoms with Crippen LogP contribution in [-0.4, -0.2) is 29.5 Å². The first-order valence-electron chi connectivity index (χ1n) is 9.27. The maximum atomic E-state index is 13.2. The first kappa shape index (κ1) is 24.9. The number of hydrogen-bond donors (Lipinski definition) is 0. The number of benzene rings is 1. The average molecular weight is 479 g/mol. The normalized spacial score (nSPS) is 12.0. The van der Waals surface area contributed by atoms with Crippen molar-refractivity contribution in [1.82, 2.24) is 9.78 Å². The molecule has 2 rings (SSSR count). The Bertz CT molecular complexity index is 1150. The molecule has 0 atom stereocenters. The Morgan fingerprint density at radius 2 is 1.81 bits per heavy atom. The number of aromatic nitrogens is 2. The number of carbonyl (C=O) groups excluding carboxylic acids is 1. The highest BCUT2D eigenvalue weighted by molar-refractivity contribution is 7.88. The van der Waals surface area contributed by atoms with Crippen LogP contribution in [-0.2, 0) is 16.7 Å². The Hall–Kier alpha value is -2.33. The van der Waals surface area contributed by atoms with E-state index >= 15 is 0 Å². The second kappa shape index (κ2) is 9.04. The van der Waals surface area contributed by atoms with Crippen molar-refractivity contribution in [2.75, 3.05) is 0 Å². The lowest BCUT2D eigenvalue weighted by Gasteiger charge is -2.15. The molecule has 0 aliphatic heterocycles. The predicted octanol–water partition coefficient (Wildman–Crippen LogP) is 5.53. The molecule has 0 unspecified atom stereocenters. The summed E-state index contributed by atoms with van der Waals surface area (Å²) in [5, 5.41) is 4.26. The number of allylic oxidation sites excluding steroid dienone is 2. The van der Waals surface area contributed by atoms with E-state index in [4.69, 9.17) is 11.6 Å². The minimum absolute atomic E-state index is 0.0533. The quantitative estimate of drug-likeness (QED) is 0.297. The van der Waals surface area contributed by atoms with Crippen molar-refractivity contribution in [3.8, 4) is 5.88 Å². The number of nitrogens with zero attached hydrogens (tertiary/aromatic N) is 2. The van der Waals surface area contributed by atoms with Crippen LogP contribution in [0.1, 0.15) is 61.2 Å². The Labute approximate surface area is 183 Å². The zero-order chi connectivity index (χ0) is 23.7. The second-order valence-corrected chi connectivity index (χ2v) is 9.06. The summed E-state index contributed by atoms with van der Waals surface area (Å²) in [7, 11) is -5.99. The van der Waals surface area contributed by atoms with E-state index in [1.165, 1.54) is 12.1 Å². The van der Waals surface area contributed by atoms with Crippen LogP contribution < -0.4 is 4.18 Å². The Morgan fingerprint density at radius 1 is 1.19 bits per heavy atom. The number of alkyl halides is 3. The van der Waals surface area contributed by atoms with Gasteiger partial charge in [-0.05, 0) is 62.9 Å². The van der Waals surface area contributed by atoms with Crippen molar-refractivity contribution >= 4 is 33.1 Å². The first-order chi connectivity index (χ1) is 14.2. The molecule has 0 spiro atoms. The summed E-state index contributed by atoms with van der Waals surface area (Å²) >= 11 is 6.31. The lowest BCUT2D eigenvalue weighted by atomic mass is 9.92. The van der Waals surface area contributed by atoms with Crippen LogP contribution in [0.4, 0.5) is 13.2 Å². The van der Waals surface area contributed by atoms with Crippen molar-refractivity contribution in [2.24, 2.45) is 0 Å². The highest BCUT2D eigenvalue weighted by atomic mass is 35.5. The summed E-state index contributed by atoms with van der Waals surface area (Å²) in [6, 6.07) is 2.94. The topological polar surface area (TPSA) is 78.3 Å². The summed E-state index contributed by atoms with van der Waals surface area (Å²) in [6.45, 7) is 9.01. The first-order valence-corrected chi connectivity index (χ1v) is 11.1. The summed E-state index contributed by atoms with van der Waals surface area (Å²) in [6.07, 6.45) is 1.42. The van der Waals surface area contributed by atoms with E-state index in [1.54, 1.807) is 13.8 Å². The molecule has 0 amide bonds. The van der Waals surface area contributed by atoms with E-state index in [1.807, 2.05) is 20.8 Å². The lowest BCUT2D eigenvalue weighted by Crippen LogP contribution is -2.29. The van der Waals surface area contributed by atoms with Crippen LogP contribution in [0.5, 0.6) is 5.88 Å². The standard InChI is InChI=1S/C20H22ClF3N2O4S/c1-6-9-26-19(30-31(28,29)20(22,23)24)15(10-25-26)18(27)14-7-8-16(21)17(13(14)5)12(4)11(2)3/h7-8,10H,6,9H2,1-5H3. The zero-order valence-corrected chi connectivity index (χ0v) is 19.2. The molecule has 0 fully saturated rings. The van der Waals surface area contributed by atoms with E-state index in [0.29, 0.717) is 22.6 Å². The van der Waals surface area contributed by atoms with E-state index in [9.17, 15) is 26.4 Å². The molecule has 11 heteroatoms. The summed E-state index contributed by atoms with van der Waals surface area (Å²) in [5.41, 5.74) is -2.97. The van der Waals surface area contributed by atoms with Gasteiger partial charge in [-0.2, -0.15) is 26.7 Å². The molecule has 0 aliphatic rings. The highest BCUT2D eigenvalue weighted by Gasteiger charge is 2.49. The molecule has 6 nitrogen and oxygen atoms in total. The molecule has 170 valence electrons. The van der Waals surface area contributed by atoms with Crippen molar-refractivity contribution in [2.45, 2.75) is 53.1 Å². The molecule has 0 saturated carbocycles. The van der Waals surface area contributed by atoms with Crippen LogP contribution >= 0.6 is 11.6 Å². The minimum atomic E-state index is -5.99. The smallest absolute Gasteiger partial charge is 0.355 e. The van der Waals surface area contributed by atoms with Gasteiger partial charge in [0.2, 0.25) is 5.88 Å². The predicted molar refractivity (Wildman–Crippen MR) is 112 cm³/mol. The Morgan fingerprint density at radius 3 is 2.32 bits per heavy atom. The number of halogens is 4. The fourth-order valence-electron chi connectivity index (χ4n) is 2.92. The maximum absolute atomic E-state index is 13.2. The second-order valence-electron chi connectivity index (χ2n) is 7.12. The molecule has 2 aromatic rings. The number of carbonyl (C=O) groups is 1. The van der Waals surface area contributed by atoms with Crippen molar-refractivity contribution < 1.29 is 30.6 Å². The van der Waals surface area contributed by atoms with Gasteiger partial charge in [-0.25, -0.2) is 4.68 Å². The van der Waals surface area contributed by atoms with Gasteiger partial charge in [0, 0.05) is 17.1 Å². The van der Waals surface area contributed by atoms with Crippen LogP contribution in [0.2, 0.25) is 5.02 Å². The van der Waals surface area contributed by atoms with Crippen LogP contribution in [0.25, 0.3) is 5.57 Å². The maximum Gasteiger partial charge on any atom is 0.534 e. The molecular weight excluding hydrogens is 457 g/mol. The number of rotatable bonds is 7. The van der Waals surface area contributed by atoms with Crippen molar-refractivity contribution in [1.29, 1.82) is 0 Å². The fourth-order valence-corrected chi connectivity index (χ4v) is 3.74. The molecule has 31 heavy (non-hydrogen) atoms. The molecule has 1 heterocycles. The highest BCUT2D eigenvalue weighted by Crippen LogP contribution is 2.34. The van der Waals surface area contributed by atoms with Gasteiger partial charge in [-0.3, -0.25) is 4.79 Å². The molecule has 0 N–H and O–H groups in total. The van der Waals surface area contributed by atoms with Crippen molar-refractivity contribution in [3.05, 3.63) is 51.2 Å². The summed E-state index contributed by atoms with van der Waals surface area (Å²) < 4.78 is 67.1. The van der Waals surface area contributed by atoms with E-state index in [-0.39, 0.29) is 12.1 Å². The van der Waals surface area contributed by atoms with Crippen LogP contribution in [0, 0.1) is 6.92 Å². The third-order valence-corrected chi connectivity index (χ3v) is 5.99. The van der Waals surface area contributed by atoms with Gasteiger partial charge in [-0.15, -0.1) is 0 Å². The molecule has 0 bridgehead atoms. The van der Waals surface area contributed by atoms with Crippen LogP contribution in [0.15, 0.2) is 23.9 Å². The van der Waals surface area contributed by atoms with Gasteiger partial charge in [0.05, 0.1) is 6.20 Å². The molecule has 1 aromatic carbocycles. The average Bonchev–Trinajstić information content (AvgIpc) is 3.02. The molecule has 0 radical (unpaired) electrons. The monoisotopic (exact) mass is 478 g/mol. The van der Waals surface area contributed by atoms with E-state index < -0.39 is 32.9 Å². The largest absolute Gasteiger partial charge is 0.534 e. The van der Waals surface area contributed by atoms with Gasteiger partial charge in [-0.1, -0.05) is 24.1 Å². The van der Waals surface area contributed by atoms with E-state index in [0.717, 1.165) is 22.0 Å².